The van der Waals surface area contributed by atoms with Crippen LogP contribution in [0.3, 0.4) is 0 Å². The van der Waals surface area contributed by atoms with Crippen molar-refractivity contribution in [3.63, 3.8) is 0 Å². The number of anilines is 1. The molecule has 3 heteroatoms. The fourth-order valence-electron chi connectivity index (χ4n) is 3.12. The first kappa shape index (κ1) is 11.7. The summed E-state index contributed by atoms with van der Waals surface area (Å²) in [5, 5.41) is 6.42. The number of piperidine rings is 1. The lowest BCUT2D eigenvalue weighted by Gasteiger charge is -2.32. The van der Waals surface area contributed by atoms with Crippen molar-refractivity contribution in [2.24, 2.45) is 0 Å². The molecule has 0 radical (unpaired) electrons. The van der Waals surface area contributed by atoms with Crippen LogP contribution in [0.5, 0.6) is 0 Å². The number of hydrogen-bond acceptors (Lipinski definition) is 2. The van der Waals surface area contributed by atoms with Crippen LogP contribution in [0.2, 0.25) is 0 Å². The molecule has 18 heavy (non-hydrogen) atoms. The largest absolute Gasteiger partial charge is 0.325 e. The Bertz CT molecular complexity index is 487. The lowest BCUT2D eigenvalue weighted by atomic mass is 9.75. The molecule has 1 saturated heterocycles. The molecule has 3 nitrogen and oxygen atoms in total. The predicted molar refractivity (Wildman–Crippen MR) is 72.9 cm³/mol. The standard InChI is InChI=1S/C15H20N2O/c1-10(2)11-4-5-13-12(8-11)15(14(18)17-13)6-3-7-16-9-15/h4-5,8,10,16H,3,6-7,9H2,1-2H3,(H,17,18). The molecule has 96 valence electrons. The van der Waals surface area contributed by atoms with Crippen molar-refractivity contribution in [2.75, 3.05) is 18.4 Å². The monoisotopic (exact) mass is 244 g/mol. The number of benzene rings is 1. The zero-order valence-corrected chi connectivity index (χ0v) is 11.0. The van der Waals surface area contributed by atoms with E-state index in [2.05, 4.69) is 42.7 Å². The van der Waals surface area contributed by atoms with Gasteiger partial charge >= 0.3 is 0 Å². The predicted octanol–water partition coefficient (Wildman–Crippen LogP) is 2.38. The Balaban J connectivity index is 2.09. The summed E-state index contributed by atoms with van der Waals surface area (Å²) in [6, 6.07) is 6.41. The molecule has 1 unspecified atom stereocenters. The second-order valence-electron chi connectivity index (χ2n) is 5.78. The van der Waals surface area contributed by atoms with Gasteiger partial charge in [-0.25, -0.2) is 0 Å². The van der Waals surface area contributed by atoms with Crippen molar-refractivity contribution in [3.05, 3.63) is 29.3 Å². The molecule has 1 atom stereocenters. The van der Waals surface area contributed by atoms with Crippen molar-refractivity contribution in [1.82, 2.24) is 5.32 Å². The van der Waals surface area contributed by atoms with Gasteiger partial charge in [0, 0.05) is 12.2 Å². The average Bonchev–Trinajstić information content (AvgIpc) is 2.63. The van der Waals surface area contributed by atoms with Crippen LogP contribution < -0.4 is 10.6 Å². The number of nitrogens with one attached hydrogen (secondary N) is 2. The molecule has 1 aromatic rings. The van der Waals surface area contributed by atoms with Crippen LogP contribution in [0.25, 0.3) is 0 Å². The maximum Gasteiger partial charge on any atom is 0.236 e. The molecule has 0 aromatic heterocycles. The van der Waals surface area contributed by atoms with E-state index in [1.807, 2.05) is 0 Å². The van der Waals surface area contributed by atoms with E-state index in [9.17, 15) is 4.79 Å². The summed E-state index contributed by atoms with van der Waals surface area (Å²) in [7, 11) is 0. The molecule has 2 aliphatic heterocycles. The van der Waals surface area contributed by atoms with Crippen LogP contribution in [-0.4, -0.2) is 19.0 Å². The third-order valence-electron chi connectivity index (χ3n) is 4.29. The van der Waals surface area contributed by atoms with E-state index in [1.165, 1.54) is 11.1 Å². The minimum absolute atomic E-state index is 0.172. The van der Waals surface area contributed by atoms with E-state index in [1.54, 1.807) is 0 Å². The second kappa shape index (κ2) is 4.09. The van der Waals surface area contributed by atoms with Gasteiger partial charge < -0.3 is 10.6 Å². The molecule has 0 saturated carbocycles. The molecule has 0 bridgehead atoms. The maximum atomic E-state index is 12.3. The van der Waals surface area contributed by atoms with E-state index < -0.39 is 0 Å². The molecule has 1 fully saturated rings. The SMILES string of the molecule is CC(C)c1ccc2c(c1)C1(CCCNC1)C(=O)N2. The highest BCUT2D eigenvalue weighted by Gasteiger charge is 2.47. The number of carbonyl (C=O) groups is 1. The van der Waals surface area contributed by atoms with Gasteiger partial charge in [-0.15, -0.1) is 0 Å². The summed E-state index contributed by atoms with van der Waals surface area (Å²) in [6.07, 6.45) is 2.03. The zero-order valence-electron chi connectivity index (χ0n) is 11.0. The van der Waals surface area contributed by atoms with Gasteiger partial charge in [0.1, 0.15) is 0 Å². The minimum atomic E-state index is -0.321. The number of carbonyl (C=O) groups excluding carboxylic acids is 1. The Labute approximate surface area is 108 Å². The molecule has 2 heterocycles. The minimum Gasteiger partial charge on any atom is -0.325 e. The summed E-state index contributed by atoms with van der Waals surface area (Å²) in [4.78, 5) is 12.3. The highest BCUT2D eigenvalue weighted by molar-refractivity contribution is 6.06. The molecular formula is C15H20N2O. The van der Waals surface area contributed by atoms with E-state index >= 15 is 0 Å². The lowest BCUT2D eigenvalue weighted by molar-refractivity contribution is -0.121. The molecule has 1 amide bonds. The first-order chi connectivity index (χ1) is 8.63. The molecule has 2 N–H and O–H groups in total. The normalized spacial score (nSPS) is 26.5. The first-order valence-electron chi connectivity index (χ1n) is 6.80. The Kier molecular flexibility index (Phi) is 2.67. The van der Waals surface area contributed by atoms with Gasteiger partial charge in [-0.3, -0.25) is 4.79 Å². The van der Waals surface area contributed by atoms with Crippen LogP contribution in [0.1, 0.15) is 43.7 Å². The second-order valence-corrected chi connectivity index (χ2v) is 5.78. The van der Waals surface area contributed by atoms with E-state index in [0.29, 0.717) is 5.92 Å². The molecule has 3 rings (SSSR count). The van der Waals surface area contributed by atoms with Crippen LogP contribution in [0, 0.1) is 0 Å². The van der Waals surface area contributed by atoms with Crippen LogP contribution in [-0.2, 0) is 10.2 Å². The molecule has 0 aliphatic carbocycles. The smallest absolute Gasteiger partial charge is 0.236 e. The summed E-state index contributed by atoms with van der Waals surface area (Å²) >= 11 is 0. The van der Waals surface area contributed by atoms with Gasteiger partial charge in [0.15, 0.2) is 0 Å². The summed E-state index contributed by atoms with van der Waals surface area (Å²) in [6.45, 7) is 6.18. The van der Waals surface area contributed by atoms with E-state index in [0.717, 1.165) is 31.6 Å². The molecule has 1 spiro atoms. The summed E-state index contributed by atoms with van der Waals surface area (Å²) in [5.74, 6) is 0.671. The Hall–Kier alpha value is -1.35. The highest BCUT2D eigenvalue weighted by Crippen LogP contribution is 2.43. The van der Waals surface area contributed by atoms with Gasteiger partial charge in [-0.05, 0) is 42.5 Å². The maximum absolute atomic E-state index is 12.3. The number of amides is 1. The molecule has 1 aromatic carbocycles. The van der Waals surface area contributed by atoms with Gasteiger partial charge in [-0.1, -0.05) is 26.0 Å². The zero-order chi connectivity index (χ0) is 12.8. The van der Waals surface area contributed by atoms with Crippen LogP contribution in [0.4, 0.5) is 5.69 Å². The third-order valence-corrected chi connectivity index (χ3v) is 4.29. The van der Waals surface area contributed by atoms with Gasteiger partial charge in [0.25, 0.3) is 0 Å². The van der Waals surface area contributed by atoms with Crippen molar-refractivity contribution in [3.8, 4) is 0 Å². The number of hydrogen-bond donors (Lipinski definition) is 2. The van der Waals surface area contributed by atoms with Crippen LogP contribution >= 0.6 is 0 Å². The van der Waals surface area contributed by atoms with Crippen molar-refractivity contribution < 1.29 is 4.79 Å². The highest BCUT2D eigenvalue weighted by atomic mass is 16.2. The van der Waals surface area contributed by atoms with Gasteiger partial charge in [-0.2, -0.15) is 0 Å². The third kappa shape index (κ3) is 1.57. The topological polar surface area (TPSA) is 41.1 Å². The summed E-state index contributed by atoms with van der Waals surface area (Å²) < 4.78 is 0. The van der Waals surface area contributed by atoms with Crippen LogP contribution in [0.15, 0.2) is 18.2 Å². The van der Waals surface area contributed by atoms with Crippen molar-refractivity contribution in [1.29, 1.82) is 0 Å². The molecular weight excluding hydrogens is 224 g/mol. The fourth-order valence-corrected chi connectivity index (χ4v) is 3.12. The van der Waals surface area contributed by atoms with Crippen molar-refractivity contribution >= 4 is 11.6 Å². The van der Waals surface area contributed by atoms with E-state index in [4.69, 9.17) is 0 Å². The Morgan fingerprint density at radius 3 is 2.83 bits per heavy atom. The summed E-state index contributed by atoms with van der Waals surface area (Å²) in [5.41, 5.74) is 3.20. The first-order valence-corrected chi connectivity index (χ1v) is 6.80. The Morgan fingerprint density at radius 1 is 1.33 bits per heavy atom. The van der Waals surface area contributed by atoms with Gasteiger partial charge in [0.2, 0.25) is 5.91 Å². The average molecular weight is 244 g/mol. The van der Waals surface area contributed by atoms with E-state index in [-0.39, 0.29) is 11.3 Å². The number of rotatable bonds is 1. The fraction of sp³-hybridized carbons (Fsp3) is 0.533. The Morgan fingerprint density at radius 2 is 2.17 bits per heavy atom. The lowest BCUT2D eigenvalue weighted by Crippen LogP contribution is -2.47. The quantitative estimate of drug-likeness (QED) is 0.796. The van der Waals surface area contributed by atoms with Crippen molar-refractivity contribution in [2.45, 2.75) is 38.0 Å². The van der Waals surface area contributed by atoms with Gasteiger partial charge in [0.05, 0.1) is 5.41 Å². The molecule has 2 aliphatic rings. The number of fused-ring (bicyclic) bond motifs is 2.